The van der Waals surface area contributed by atoms with Crippen LogP contribution in [0.3, 0.4) is 0 Å². The summed E-state index contributed by atoms with van der Waals surface area (Å²) in [6.45, 7) is 2.08. The van der Waals surface area contributed by atoms with Gasteiger partial charge in [-0.2, -0.15) is 0 Å². The molecular weight excluding hydrogens is 272 g/mol. The summed E-state index contributed by atoms with van der Waals surface area (Å²) < 4.78 is 0. The Kier molecular flexibility index (Phi) is 5.98. The van der Waals surface area contributed by atoms with Crippen molar-refractivity contribution in [1.29, 1.82) is 0 Å². The lowest BCUT2D eigenvalue weighted by Crippen LogP contribution is -2.42. The first kappa shape index (κ1) is 15.4. The second-order valence-corrected chi connectivity index (χ2v) is 6.68. The molecule has 1 aromatic heterocycles. The summed E-state index contributed by atoms with van der Waals surface area (Å²) in [6.07, 6.45) is 7.13. The van der Waals surface area contributed by atoms with E-state index in [0.29, 0.717) is 18.8 Å². The Morgan fingerprint density at radius 1 is 1.50 bits per heavy atom. The molecule has 1 amide bonds. The van der Waals surface area contributed by atoms with Crippen molar-refractivity contribution in [2.75, 3.05) is 6.61 Å². The molecule has 0 radical (unpaired) electrons. The number of hydrogen-bond donors (Lipinski definition) is 2. The Morgan fingerprint density at radius 3 is 2.85 bits per heavy atom. The van der Waals surface area contributed by atoms with Crippen LogP contribution in [0.4, 0.5) is 0 Å². The second kappa shape index (κ2) is 7.74. The number of nitrogens with one attached hydrogen (secondary N) is 1. The second-order valence-electron chi connectivity index (χ2n) is 5.62. The van der Waals surface area contributed by atoms with Gasteiger partial charge in [-0.25, -0.2) is 4.98 Å². The van der Waals surface area contributed by atoms with Crippen molar-refractivity contribution < 1.29 is 9.90 Å². The summed E-state index contributed by atoms with van der Waals surface area (Å²) in [5.74, 6) is 0.552. The maximum atomic E-state index is 12.1. The molecule has 4 nitrogen and oxygen atoms in total. The van der Waals surface area contributed by atoms with Crippen LogP contribution in [0.2, 0.25) is 0 Å². The van der Waals surface area contributed by atoms with Gasteiger partial charge in [0.05, 0.1) is 17.1 Å². The zero-order chi connectivity index (χ0) is 14.4. The lowest BCUT2D eigenvalue weighted by Gasteiger charge is -2.30. The molecule has 1 fully saturated rings. The third-order valence-corrected chi connectivity index (χ3v) is 4.84. The predicted octanol–water partition coefficient (Wildman–Crippen LogP) is 2.44. The molecule has 0 saturated heterocycles. The molecule has 20 heavy (non-hydrogen) atoms. The van der Waals surface area contributed by atoms with Crippen LogP contribution in [-0.4, -0.2) is 28.6 Å². The van der Waals surface area contributed by atoms with Crippen molar-refractivity contribution in [3.05, 3.63) is 16.1 Å². The average molecular weight is 296 g/mol. The lowest BCUT2D eigenvalue weighted by atomic mass is 9.82. The number of hydrogen-bond acceptors (Lipinski definition) is 4. The molecule has 2 rings (SSSR count). The Balaban J connectivity index is 1.87. The van der Waals surface area contributed by atoms with Gasteiger partial charge < -0.3 is 10.4 Å². The van der Waals surface area contributed by atoms with E-state index in [9.17, 15) is 9.90 Å². The maximum Gasteiger partial charge on any atom is 0.226 e. The van der Waals surface area contributed by atoms with Crippen LogP contribution < -0.4 is 5.32 Å². The molecule has 0 aliphatic heterocycles. The average Bonchev–Trinajstić information content (AvgIpc) is 2.84. The first-order chi connectivity index (χ1) is 9.69. The van der Waals surface area contributed by atoms with Crippen LogP contribution in [0.5, 0.6) is 0 Å². The fourth-order valence-electron chi connectivity index (χ4n) is 3.01. The zero-order valence-corrected chi connectivity index (χ0v) is 12.9. The standard InChI is InChI=1S/C15H24N2O2S/c1-11-16-13(10-20-11)9-15(19)17-14(7-8-18)12-5-3-2-4-6-12/h10,12,14,18H,2-9H2,1H3,(H,17,19). The molecule has 1 aromatic rings. The molecule has 112 valence electrons. The molecule has 2 N–H and O–H groups in total. The number of aliphatic hydroxyl groups is 1. The summed E-state index contributed by atoms with van der Waals surface area (Å²) in [5, 5.41) is 15.3. The van der Waals surface area contributed by atoms with Gasteiger partial charge in [-0.1, -0.05) is 19.3 Å². The first-order valence-corrected chi connectivity index (χ1v) is 8.38. The van der Waals surface area contributed by atoms with Crippen molar-refractivity contribution in [3.8, 4) is 0 Å². The maximum absolute atomic E-state index is 12.1. The Morgan fingerprint density at radius 2 is 2.25 bits per heavy atom. The highest BCUT2D eigenvalue weighted by atomic mass is 32.1. The summed E-state index contributed by atoms with van der Waals surface area (Å²) in [5.41, 5.74) is 0.844. The SMILES string of the molecule is Cc1nc(CC(=O)NC(CCO)C2CCCCC2)cs1. The number of aromatic nitrogens is 1. The van der Waals surface area contributed by atoms with E-state index in [4.69, 9.17) is 0 Å². The van der Waals surface area contributed by atoms with Gasteiger partial charge in [0.15, 0.2) is 0 Å². The van der Waals surface area contributed by atoms with Crippen LogP contribution in [0.25, 0.3) is 0 Å². The normalized spacial score (nSPS) is 17.9. The molecule has 1 heterocycles. The Labute approximate surface area is 124 Å². The minimum atomic E-state index is 0.0272. The smallest absolute Gasteiger partial charge is 0.226 e. The fraction of sp³-hybridized carbons (Fsp3) is 0.733. The minimum Gasteiger partial charge on any atom is -0.396 e. The summed E-state index contributed by atoms with van der Waals surface area (Å²) in [7, 11) is 0. The van der Waals surface area contributed by atoms with Crippen LogP contribution in [0.1, 0.15) is 49.2 Å². The number of aliphatic hydroxyl groups excluding tert-OH is 1. The highest BCUT2D eigenvalue weighted by molar-refractivity contribution is 7.09. The molecule has 0 bridgehead atoms. The highest BCUT2D eigenvalue weighted by Crippen LogP contribution is 2.27. The zero-order valence-electron chi connectivity index (χ0n) is 12.1. The van der Waals surface area contributed by atoms with Gasteiger partial charge in [0.25, 0.3) is 0 Å². The molecule has 1 saturated carbocycles. The van der Waals surface area contributed by atoms with Gasteiger partial charge in [0.2, 0.25) is 5.91 Å². The van der Waals surface area contributed by atoms with Gasteiger partial charge in [-0.3, -0.25) is 4.79 Å². The summed E-state index contributed by atoms with van der Waals surface area (Å²) in [4.78, 5) is 16.4. The van der Waals surface area contributed by atoms with Crippen LogP contribution >= 0.6 is 11.3 Å². The molecule has 0 spiro atoms. The first-order valence-electron chi connectivity index (χ1n) is 7.50. The van der Waals surface area contributed by atoms with Gasteiger partial charge >= 0.3 is 0 Å². The molecule has 1 aliphatic rings. The largest absolute Gasteiger partial charge is 0.396 e. The van der Waals surface area contributed by atoms with E-state index < -0.39 is 0 Å². The number of rotatable bonds is 6. The fourth-order valence-corrected chi connectivity index (χ4v) is 3.63. The van der Waals surface area contributed by atoms with Crippen molar-refractivity contribution in [2.24, 2.45) is 5.92 Å². The monoisotopic (exact) mass is 296 g/mol. The highest BCUT2D eigenvalue weighted by Gasteiger charge is 2.24. The Hall–Kier alpha value is -0.940. The number of thiazole rings is 1. The molecule has 1 aliphatic carbocycles. The number of aryl methyl sites for hydroxylation is 1. The van der Waals surface area contributed by atoms with Gasteiger partial charge in [0, 0.05) is 18.0 Å². The summed E-state index contributed by atoms with van der Waals surface area (Å²) in [6, 6.07) is 0.118. The quantitative estimate of drug-likeness (QED) is 0.847. The van der Waals surface area contributed by atoms with E-state index in [2.05, 4.69) is 10.3 Å². The van der Waals surface area contributed by atoms with Crippen molar-refractivity contribution in [2.45, 2.75) is 57.9 Å². The third kappa shape index (κ3) is 4.56. The van der Waals surface area contributed by atoms with Crippen molar-refractivity contribution in [1.82, 2.24) is 10.3 Å². The van der Waals surface area contributed by atoms with Gasteiger partial charge in [-0.05, 0) is 32.1 Å². The van der Waals surface area contributed by atoms with E-state index >= 15 is 0 Å². The molecular formula is C15H24N2O2S. The van der Waals surface area contributed by atoms with Crippen LogP contribution in [0, 0.1) is 12.8 Å². The molecule has 5 heteroatoms. The van der Waals surface area contributed by atoms with E-state index in [1.54, 1.807) is 11.3 Å². The predicted molar refractivity (Wildman–Crippen MR) is 80.8 cm³/mol. The Bertz CT molecular complexity index is 427. The van der Waals surface area contributed by atoms with E-state index in [-0.39, 0.29) is 18.6 Å². The van der Waals surface area contributed by atoms with Crippen LogP contribution in [0.15, 0.2) is 5.38 Å². The van der Waals surface area contributed by atoms with Crippen molar-refractivity contribution >= 4 is 17.2 Å². The molecule has 1 atom stereocenters. The van der Waals surface area contributed by atoms with Gasteiger partial charge in [0.1, 0.15) is 0 Å². The van der Waals surface area contributed by atoms with Gasteiger partial charge in [-0.15, -0.1) is 11.3 Å². The topological polar surface area (TPSA) is 62.2 Å². The minimum absolute atomic E-state index is 0.0272. The number of amides is 1. The number of carbonyl (C=O) groups is 1. The number of carbonyl (C=O) groups excluding carboxylic acids is 1. The van der Waals surface area contributed by atoms with Crippen LogP contribution in [-0.2, 0) is 11.2 Å². The van der Waals surface area contributed by atoms with E-state index in [0.717, 1.165) is 10.7 Å². The third-order valence-electron chi connectivity index (χ3n) is 4.01. The molecule has 1 unspecified atom stereocenters. The van der Waals surface area contributed by atoms with E-state index in [1.807, 2.05) is 12.3 Å². The van der Waals surface area contributed by atoms with E-state index in [1.165, 1.54) is 32.1 Å². The summed E-state index contributed by atoms with van der Waals surface area (Å²) >= 11 is 1.57. The number of nitrogens with zero attached hydrogens (tertiary/aromatic N) is 1. The molecule has 0 aromatic carbocycles. The van der Waals surface area contributed by atoms with Crippen molar-refractivity contribution in [3.63, 3.8) is 0 Å². The lowest BCUT2D eigenvalue weighted by molar-refractivity contribution is -0.121.